The second-order valence-corrected chi connectivity index (χ2v) is 6.13. The van der Waals surface area contributed by atoms with E-state index in [1.807, 2.05) is 13.0 Å². The number of carbonyl (C=O) groups is 2. The lowest BCUT2D eigenvalue weighted by Gasteiger charge is -2.30. The highest BCUT2D eigenvalue weighted by Crippen LogP contribution is 2.30. The Hall–Kier alpha value is -3.22. The molecule has 2 unspecified atom stereocenters. The van der Waals surface area contributed by atoms with Crippen LogP contribution in [-0.4, -0.2) is 24.3 Å². The van der Waals surface area contributed by atoms with E-state index in [-0.39, 0.29) is 5.91 Å². The molecule has 1 aliphatic rings. The third kappa shape index (κ3) is 4.13. The van der Waals surface area contributed by atoms with Crippen molar-refractivity contribution >= 4 is 23.3 Å². The molecule has 0 fully saturated rings. The summed E-state index contributed by atoms with van der Waals surface area (Å²) >= 11 is 0. The van der Waals surface area contributed by atoms with Crippen molar-refractivity contribution < 1.29 is 18.7 Å². The fraction of sp³-hybridized carbons (Fsp3) is 0.250. The maximum Gasteiger partial charge on any atom is 0.341 e. The molecule has 6 nitrogen and oxygen atoms in total. The minimum absolute atomic E-state index is 0.335. The van der Waals surface area contributed by atoms with Gasteiger partial charge in [-0.1, -0.05) is 24.3 Å². The van der Waals surface area contributed by atoms with Crippen LogP contribution in [0, 0.1) is 11.7 Å². The monoisotopic (exact) mass is 369 g/mol. The molecule has 7 heteroatoms. The number of halogens is 1. The Morgan fingerprint density at radius 2 is 1.93 bits per heavy atom. The number of para-hydroxylation sites is 2. The predicted octanol–water partition coefficient (Wildman–Crippen LogP) is 3.70. The molecular formula is C20H20FN3O3. The normalized spacial score (nSPS) is 19.1. The average Bonchev–Trinajstić information content (AvgIpc) is 2.63. The summed E-state index contributed by atoms with van der Waals surface area (Å²) in [5, 5.41) is 5.55. The van der Waals surface area contributed by atoms with Crippen molar-refractivity contribution in [1.82, 2.24) is 5.32 Å². The Balaban J connectivity index is 1.91. The summed E-state index contributed by atoms with van der Waals surface area (Å²) in [6.07, 6.45) is 0. The molecule has 3 amide bonds. The van der Waals surface area contributed by atoms with Gasteiger partial charge in [0.25, 0.3) is 0 Å². The van der Waals surface area contributed by atoms with Crippen molar-refractivity contribution in [3.8, 4) is 5.75 Å². The highest BCUT2D eigenvalue weighted by atomic mass is 19.1. The molecule has 0 saturated carbocycles. The number of carbonyl (C=O) groups excluding carboxylic acids is 2. The molecule has 2 N–H and O–H groups in total. The van der Waals surface area contributed by atoms with Crippen molar-refractivity contribution in [2.45, 2.75) is 19.9 Å². The van der Waals surface area contributed by atoms with Crippen LogP contribution in [0.3, 0.4) is 0 Å². The first-order valence-corrected chi connectivity index (χ1v) is 8.63. The molecule has 0 radical (unpaired) electrons. The Bertz CT molecular complexity index is 880. The number of anilines is 1. The number of nitrogens with zero attached hydrogens (tertiary/aromatic N) is 1. The second-order valence-electron chi connectivity index (χ2n) is 6.13. The lowest BCUT2D eigenvalue weighted by Crippen LogP contribution is -2.45. The lowest BCUT2D eigenvalue weighted by molar-refractivity contribution is -0.118. The molecule has 2 aromatic carbocycles. The second kappa shape index (κ2) is 7.99. The summed E-state index contributed by atoms with van der Waals surface area (Å²) in [6.45, 7) is 3.95. The molecule has 27 heavy (non-hydrogen) atoms. The van der Waals surface area contributed by atoms with Crippen molar-refractivity contribution in [2.24, 2.45) is 10.9 Å². The maximum absolute atomic E-state index is 13.3. The molecule has 2 aromatic rings. The highest BCUT2D eigenvalue weighted by Gasteiger charge is 2.37. The minimum Gasteiger partial charge on any atom is -0.492 e. The first-order chi connectivity index (χ1) is 13.0. The number of rotatable bonds is 5. The van der Waals surface area contributed by atoms with Crippen LogP contribution in [0.5, 0.6) is 5.75 Å². The fourth-order valence-electron chi connectivity index (χ4n) is 3.07. The smallest absolute Gasteiger partial charge is 0.341 e. The zero-order valence-electron chi connectivity index (χ0n) is 15.0. The lowest BCUT2D eigenvalue weighted by atomic mass is 9.87. The summed E-state index contributed by atoms with van der Waals surface area (Å²) in [7, 11) is 0. The summed E-state index contributed by atoms with van der Waals surface area (Å²) in [5.41, 5.74) is 1.55. The topological polar surface area (TPSA) is 79.8 Å². The molecule has 3 rings (SSSR count). The van der Waals surface area contributed by atoms with Crippen LogP contribution in [-0.2, 0) is 4.79 Å². The van der Waals surface area contributed by atoms with Gasteiger partial charge in [0.15, 0.2) is 0 Å². The Morgan fingerprint density at radius 3 is 2.63 bits per heavy atom. The number of hydrogen-bond acceptors (Lipinski definition) is 3. The van der Waals surface area contributed by atoms with E-state index < -0.39 is 23.8 Å². The van der Waals surface area contributed by atoms with Gasteiger partial charge in [-0.3, -0.25) is 4.79 Å². The van der Waals surface area contributed by atoms with Gasteiger partial charge in [-0.05, 0) is 43.7 Å². The van der Waals surface area contributed by atoms with E-state index in [4.69, 9.17) is 4.74 Å². The van der Waals surface area contributed by atoms with Crippen LogP contribution in [0.15, 0.2) is 53.5 Å². The first kappa shape index (κ1) is 18.6. The van der Waals surface area contributed by atoms with Gasteiger partial charge in [0.05, 0.1) is 18.3 Å². The van der Waals surface area contributed by atoms with Crippen LogP contribution in [0.1, 0.15) is 25.5 Å². The third-order valence-electron chi connectivity index (χ3n) is 4.30. The molecule has 0 saturated heterocycles. The predicted molar refractivity (Wildman–Crippen MR) is 101 cm³/mol. The van der Waals surface area contributed by atoms with Crippen LogP contribution >= 0.6 is 0 Å². The summed E-state index contributed by atoms with van der Waals surface area (Å²) in [5.74, 6) is -0.903. The number of urea groups is 1. The van der Waals surface area contributed by atoms with Crippen molar-refractivity contribution in [3.05, 3.63) is 59.9 Å². The van der Waals surface area contributed by atoms with Gasteiger partial charge in [-0.2, -0.15) is 0 Å². The quantitative estimate of drug-likeness (QED) is 0.843. The number of hydrogen-bond donors (Lipinski definition) is 2. The van der Waals surface area contributed by atoms with Gasteiger partial charge in [0.2, 0.25) is 5.91 Å². The van der Waals surface area contributed by atoms with Gasteiger partial charge in [0.1, 0.15) is 17.5 Å². The SMILES string of the molecule is CCOc1ccccc1NC(=O)C1C(C)=NC(=O)NC1c1ccc(F)cc1. The molecule has 2 atom stereocenters. The third-order valence-corrected chi connectivity index (χ3v) is 4.30. The zero-order chi connectivity index (χ0) is 19.4. The Labute approximate surface area is 156 Å². The average molecular weight is 369 g/mol. The van der Waals surface area contributed by atoms with Crippen LogP contribution < -0.4 is 15.4 Å². The molecule has 1 heterocycles. The molecular weight excluding hydrogens is 349 g/mol. The summed E-state index contributed by atoms with van der Waals surface area (Å²) < 4.78 is 18.8. The van der Waals surface area contributed by atoms with E-state index in [1.165, 1.54) is 12.1 Å². The molecule has 1 aliphatic heterocycles. The van der Waals surface area contributed by atoms with Gasteiger partial charge >= 0.3 is 6.03 Å². The first-order valence-electron chi connectivity index (χ1n) is 8.63. The van der Waals surface area contributed by atoms with Gasteiger partial charge in [0, 0.05) is 5.71 Å². The Kier molecular flexibility index (Phi) is 5.49. The van der Waals surface area contributed by atoms with Gasteiger partial charge in [-0.25, -0.2) is 14.2 Å². The zero-order valence-corrected chi connectivity index (χ0v) is 15.0. The van der Waals surface area contributed by atoms with E-state index in [0.717, 1.165) is 0 Å². The van der Waals surface area contributed by atoms with Crippen LogP contribution in [0.4, 0.5) is 14.9 Å². The maximum atomic E-state index is 13.3. The summed E-state index contributed by atoms with van der Waals surface area (Å²) in [6, 6.07) is 11.6. The molecule has 0 aliphatic carbocycles. The molecule has 0 aromatic heterocycles. The largest absolute Gasteiger partial charge is 0.492 e. The van der Waals surface area contributed by atoms with E-state index in [2.05, 4.69) is 15.6 Å². The van der Waals surface area contributed by atoms with Crippen molar-refractivity contribution in [1.29, 1.82) is 0 Å². The van der Waals surface area contributed by atoms with Gasteiger partial charge < -0.3 is 15.4 Å². The highest BCUT2D eigenvalue weighted by molar-refractivity contribution is 6.13. The van der Waals surface area contributed by atoms with E-state index >= 15 is 0 Å². The summed E-state index contributed by atoms with van der Waals surface area (Å²) in [4.78, 5) is 28.8. The van der Waals surface area contributed by atoms with E-state index in [1.54, 1.807) is 37.3 Å². The van der Waals surface area contributed by atoms with E-state index in [0.29, 0.717) is 29.3 Å². The number of aliphatic imine (C=N–C) groups is 1. The Morgan fingerprint density at radius 1 is 1.22 bits per heavy atom. The molecule has 0 bridgehead atoms. The number of nitrogens with one attached hydrogen (secondary N) is 2. The molecule has 140 valence electrons. The standard InChI is InChI=1S/C20H20FN3O3/c1-3-27-16-7-5-4-6-15(16)23-19(25)17-12(2)22-20(26)24-18(17)13-8-10-14(21)11-9-13/h4-11,17-18H,3H2,1-2H3,(H,23,25)(H,24,26). The number of benzene rings is 2. The molecule has 0 spiro atoms. The number of ether oxygens (including phenoxy) is 1. The van der Waals surface area contributed by atoms with Crippen molar-refractivity contribution in [2.75, 3.05) is 11.9 Å². The number of amides is 3. The minimum atomic E-state index is -0.733. The fourth-order valence-corrected chi connectivity index (χ4v) is 3.07. The van der Waals surface area contributed by atoms with Crippen LogP contribution in [0.25, 0.3) is 0 Å². The van der Waals surface area contributed by atoms with Crippen LogP contribution in [0.2, 0.25) is 0 Å². The van der Waals surface area contributed by atoms with E-state index in [9.17, 15) is 14.0 Å². The van der Waals surface area contributed by atoms with Crippen molar-refractivity contribution in [3.63, 3.8) is 0 Å². The van der Waals surface area contributed by atoms with Gasteiger partial charge in [-0.15, -0.1) is 0 Å².